The van der Waals surface area contributed by atoms with Crippen molar-refractivity contribution in [2.24, 2.45) is 0 Å². The van der Waals surface area contributed by atoms with E-state index in [2.05, 4.69) is 42.2 Å². The van der Waals surface area contributed by atoms with Crippen molar-refractivity contribution in [2.45, 2.75) is 6.54 Å². The average molecular weight is 463 g/mol. The van der Waals surface area contributed by atoms with Gasteiger partial charge in [0.25, 0.3) is 0 Å². The van der Waals surface area contributed by atoms with Gasteiger partial charge < -0.3 is 9.88 Å². The Morgan fingerprint density at radius 2 is 1.69 bits per heavy atom. The number of aromatic nitrogens is 5. The number of pyridine rings is 2. The van der Waals surface area contributed by atoms with Gasteiger partial charge in [-0.25, -0.2) is 9.37 Å². The molecule has 0 aliphatic rings. The van der Waals surface area contributed by atoms with E-state index < -0.39 is 0 Å². The number of rotatable bonds is 5. The van der Waals surface area contributed by atoms with Crippen molar-refractivity contribution in [2.75, 3.05) is 14.1 Å². The standard InChI is InChI=1S/C28H23FN6/c1-35(2)16-17-10-18(14-30-13-17)19-11-23-27(33-34-28(23)31-15-19)26-12-22-20(7-5-9-25(22)32-26)21-6-3-4-8-24(21)29/h3-15,32H,16H2,1-2H3,(H,31,33,34). The van der Waals surface area contributed by atoms with Crippen LogP contribution in [0.2, 0.25) is 0 Å². The molecule has 2 aromatic carbocycles. The monoisotopic (exact) mass is 462 g/mol. The van der Waals surface area contributed by atoms with Gasteiger partial charge >= 0.3 is 0 Å². The number of nitrogens with zero attached hydrogens (tertiary/aromatic N) is 4. The Bertz CT molecular complexity index is 1680. The molecule has 0 amide bonds. The summed E-state index contributed by atoms with van der Waals surface area (Å²) < 4.78 is 14.6. The Kier molecular flexibility index (Phi) is 5.12. The summed E-state index contributed by atoms with van der Waals surface area (Å²) in [6.07, 6.45) is 5.57. The van der Waals surface area contributed by atoms with Crippen molar-refractivity contribution in [3.05, 3.63) is 90.6 Å². The van der Waals surface area contributed by atoms with Crippen molar-refractivity contribution in [3.63, 3.8) is 0 Å². The maximum Gasteiger partial charge on any atom is 0.155 e. The molecule has 4 heterocycles. The molecule has 4 aromatic heterocycles. The highest BCUT2D eigenvalue weighted by molar-refractivity contribution is 6.01. The molecular formula is C28H23FN6. The summed E-state index contributed by atoms with van der Waals surface area (Å²) in [6, 6.07) is 18.9. The molecule has 0 radical (unpaired) electrons. The van der Waals surface area contributed by atoms with Crippen LogP contribution in [-0.2, 0) is 6.54 Å². The Balaban J connectivity index is 1.46. The lowest BCUT2D eigenvalue weighted by Crippen LogP contribution is -2.10. The van der Waals surface area contributed by atoms with Crippen LogP contribution in [0.25, 0.3) is 55.6 Å². The molecule has 7 heteroatoms. The number of H-pyrrole nitrogens is 2. The second-order valence-corrected chi connectivity index (χ2v) is 8.94. The van der Waals surface area contributed by atoms with E-state index >= 15 is 0 Å². The largest absolute Gasteiger partial charge is 0.353 e. The quantitative estimate of drug-likeness (QED) is 0.328. The van der Waals surface area contributed by atoms with Crippen LogP contribution in [-0.4, -0.2) is 44.1 Å². The molecule has 6 nitrogen and oxygen atoms in total. The molecule has 0 atom stereocenters. The molecule has 0 bridgehead atoms. The van der Waals surface area contributed by atoms with Gasteiger partial charge in [0.15, 0.2) is 5.65 Å². The summed E-state index contributed by atoms with van der Waals surface area (Å²) in [5, 5.41) is 9.44. The van der Waals surface area contributed by atoms with E-state index in [0.717, 1.165) is 56.5 Å². The van der Waals surface area contributed by atoms with Crippen LogP contribution in [0.5, 0.6) is 0 Å². The second kappa shape index (κ2) is 8.45. The number of fused-ring (bicyclic) bond motifs is 2. The fourth-order valence-corrected chi connectivity index (χ4v) is 4.56. The predicted molar refractivity (Wildman–Crippen MR) is 137 cm³/mol. The summed E-state index contributed by atoms with van der Waals surface area (Å²) in [5.74, 6) is -0.244. The Morgan fingerprint density at radius 3 is 2.54 bits per heavy atom. The summed E-state index contributed by atoms with van der Waals surface area (Å²) in [6.45, 7) is 0.812. The maximum absolute atomic E-state index is 14.6. The SMILES string of the molecule is CN(C)Cc1cncc(-c2cnc3[nH]nc(-c4cc5c(-c6ccccc6F)cccc5[nH]4)c3c2)c1. The van der Waals surface area contributed by atoms with Crippen LogP contribution in [0.1, 0.15) is 5.56 Å². The second-order valence-electron chi connectivity index (χ2n) is 8.94. The Labute approximate surface area is 201 Å². The highest BCUT2D eigenvalue weighted by Crippen LogP contribution is 2.35. The maximum atomic E-state index is 14.6. The van der Waals surface area contributed by atoms with Gasteiger partial charge in [0, 0.05) is 58.1 Å². The molecule has 0 saturated heterocycles. The van der Waals surface area contributed by atoms with Crippen molar-refractivity contribution in [3.8, 4) is 33.6 Å². The Morgan fingerprint density at radius 1 is 0.857 bits per heavy atom. The first-order valence-corrected chi connectivity index (χ1v) is 11.4. The molecule has 0 spiro atoms. The zero-order valence-corrected chi connectivity index (χ0v) is 19.4. The van der Waals surface area contributed by atoms with Gasteiger partial charge in [-0.2, -0.15) is 5.10 Å². The molecule has 0 aliphatic carbocycles. The van der Waals surface area contributed by atoms with Gasteiger partial charge in [0.2, 0.25) is 0 Å². The van der Waals surface area contributed by atoms with Gasteiger partial charge in [-0.3, -0.25) is 10.1 Å². The van der Waals surface area contributed by atoms with E-state index in [1.807, 2.05) is 63.0 Å². The molecule has 172 valence electrons. The zero-order chi connectivity index (χ0) is 23.9. The normalized spacial score (nSPS) is 11.7. The van der Waals surface area contributed by atoms with Crippen LogP contribution in [0.15, 0.2) is 79.3 Å². The molecule has 0 fully saturated rings. The van der Waals surface area contributed by atoms with Crippen LogP contribution in [0.4, 0.5) is 4.39 Å². The van der Waals surface area contributed by atoms with Crippen molar-refractivity contribution in [1.82, 2.24) is 30.0 Å². The summed E-state index contributed by atoms with van der Waals surface area (Å²) >= 11 is 0. The van der Waals surface area contributed by atoms with Gasteiger partial charge in [0.05, 0.1) is 5.69 Å². The molecule has 6 aromatic rings. The van der Waals surface area contributed by atoms with Gasteiger partial charge in [-0.05, 0) is 55.6 Å². The molecule has 0 unspecified atom stereocenters. The first-order valence-electron chi connectivity index (χ1n) is 11.4. The molecule has 6 rings (SSSR count). The number of aromatic amines is 2. The van der Waals surface area contributed by atoms with E-state index in [4.69, 9.17) is 0 Å². The lowest BCUT2D eigenvalue weighted by Gasteiger charge is -2.10. The number of halogens is 1. The smallest absolute Gasteiger partial charge is 0.155 e. The third-order valence-electron chi connectivity index (χ3n) is 6.13. The van der Waals surface area contributed by atoms with Gasteiger partial charge in [-0.1, -0.05) is 30.3 Å². The van der Waals surface area contributed by atoms with Crippen LogP contribution in [0, 0.1) is 5.82 Å². The van der Waals surface area contributed by atoms with Crippen molar-refractivity contribution in [1.29, 1.82) is 0 Å². The average Bonchev–Trinajstić information content (AvgIpc) is 3.47. The highest BCUT2D eigenvalue weighted by Gasteiger charge is 2.16. The van der Waals surface area contributed by atoms with E-state index in [9.17, 15) is 4.39 Å². The molecule has 35 heavy (non-hydrogen) atoms. The van der Waals surface area contributed by atoms with Crippen LogP contribution >= 0.6 is 0 Å². The number of benzene rings is 2. The fourth-order valence-electron chi connectivity index (χ4n) is 4.56. The van der Waals surface area contributed by atoms with Crippen molar-refractivity contribution >= 4 is 21.9 Å². The fraction of sp³-hybridized carbons (Fsp3) is 0.107. The molecular weight excluding hydrogens is 439 g/mol. The number of hydrogen-bond donors (Lipinski definition) is 2. The first-order chi connectivity index (χ1) is 17.1. The van der Waals surface area contributed by atoms with Gasteiger partial charge in [0.1, 0.15) is 11.5 Å². The lowest BCUT2D eigenvalue weighted by atomic mass is 10.0. The van der Waals surface area contributed by atoms with E-state index in [-0.39, 0.29) is 5.82 Å². The lowest BCUT2D eigenvalue weighted by molar-refractivity contribution is 0.402. The summed E-state index contributed by atoms with van der Waals surface area (Å²) in [4.78, 5) is 14.6. The zero-order valence-electron chi connectivity index (χ0n) is 19.4. The Hall–Kier alpha value is -4.36. The number of nitrogens with one attached hydrogen (secondary N) is 2. The van der Waals surface area contributed by atoms with Crippen LogP contribution < -0.4 is 0 Å². The molecule has 0 aliphatic heterocycles. The number of hydrogen-bond acceptors (Lipinski definition) is 4. The first kappa shape index (κ1) is 21.2. The third kappa shape index (κ3) is 3.86. The predicted octanol–water partition coefficient (Wildman–Crippen LogP) is 6.04. The minimum absolute atomic E-state index is 0.244. The topological polar surface area (TPSA) is 73.5 Å². The van der Waals surface area contributed by atoms with E-state index in [0.29, 0.717) is 11.2 Å². The van der Waals surface area contributed by atoms with E-state index in [1.165, 1.54) is 6.07 Å². The van der Waals surface area contributed by atoms with Gasteiger partial charge in [-0.15, -0.1) is 0 Å². The molecule has 0 saturated carbocycles. The minimum atomic E-state index is -0.244. The summed E-state index contributed by atoms with van der Waals surface area (Å²) in [5.41, 5.74) is 7.75. The van der Waals surface area contributed by atoms with E-state index in [1.54, 1.807) is 12.1 Å². The highest BCUT2D eigenvalue weighted by atomic mass is 19.1. The third-order valence-corrected chi connectivity index (χ3v) is 6.13. The minimum Gasteiger partial charge on any atom is -0.353 e. The summed E-state index contributed by atoms with van der Waals surface area (Å²) in [7, 11) is 4.08. The van der Waals surface area contributed by atoms with Crippen molar-refractivity contribution < 1.29 is 4.39 Å². The van der Waals surface area contributed by atoms with Crippen LogP contribution in [0.3, 0.4) is 0 Å². The molecule has 2 N–H and O–H groups in total.